The third-order valence-corrected chi connectivity index (χ3v) is 3.43. The molecular weight excluding hydrogens is 198 g/mol. The number of imidazole rings is 1. The number of rotatable bonds is 3. The molecule has 1 saturated carbocycles. The van der Waals surface area contributed by atoms with Crippen LogP contribution in [0.2, 0.25) is 5.28 Å². The fourth-order valence-electron chi connectivity index (χ4n) is 2.48. The SMILES string of the molecule is NCCC1CCCC1n1ccnc1Cl. The molecule has 0 amide bonds. The van der Waals surface area contributed by atoms with Crippen LogP contribution in [0.1, 0.15) is 31.7 Å². The van der Waals surface area contributed by atoms with Gasteiger partial charge in [-0.3, -0.25) is 0 Å². The molecule has 2 rings (SSSR count). The van der Waals surface area contributed by atoms with Crippen molar-refractivity contribution in [1.29, 1.82) is 0 Å². The van der Waals surface area contributed by atoms with Crippen molar-refractivity contribution in [2.45, 2.75) is 31.7 Å². The highest BCUT2D eigenvalue weighted by atomic mass is 35.5. The number of halogens is 1. The normalized spacial score (nSPS) is 27.0. The maximum absolute atomic E-state index is 6.01. The second kappa shape index (κ2) is 4.32. The summed E-state index contributed by atoms with van der Waals surface area (Å²) < 4.78 is 2.09. The maximum atomic E-state index is 6.01. The number of hydrogen-bond acceptors (Lipinski definition) is 2. The predicted molar refractivity (Wildman–Crippen MR) is 57.3 cm³/mol. The second-order valence-corrected chi connectivity index (χ2v) is 4.28. The van der Waals surface area contributed by atoms with Crippen molar-refractivity contribution in [3.8, 4) is 0 Å². The van der Waals surface area contributed by atoms with E-state index in [1.54, 1.807) is 6.20 Å². The molecule has 1 aromatic heterocycles. The summed E-state index contributed by atoms with van der Waals surface area (Å²) in [7, 11) is 0. The Morgan fingerprint density at radius 2 is 2.43 bits per heavy atom. The lowest BCUT2D eigenvalue weighted by Gasteiger charge is -2.20. The van der Waals surface area contributed by atoms with Crippen LogP contribution in [0.15, 0.2) is 12.4 Å². The molecule has 0 aliphatic heterocycles. The molecule has 0 bridgehead atoms. The van der Waals surface area contributed by atoms with Crippen LogP contribution in [0.25, 0.3) is 0 Å². The predicted octanol–water partition coefficient (Wildman–Crippen LogP) is 2.23. The standard InChI is InChI=1S/C10H16ClN3/c11-10-13-6-7-14(10)9-3-1-2-8(9)4-5-12/h6-9H,1-5,12H2. The summed E-state index contributed by atoms with van der Waals surface area (Å²) in [4.78, 5) is 4.05. The fraction of sp³-hybridized carbons (Fsp3) is 0.700. The van der Waals surface area contributed by atoms with Crippen LogP contribution in [0.5, 0.6) is 0 Å². The van der Waals surface area contributed by atoms with Crippen molar-refractivity contribution in [1.82, 2.24) is 9.55 Å². The van der Waals surface area contributed by atoms with E-state index in [0.717, 1.165) is 13.0 Å². The Bertz CT molecular complexity index is 297. The number of aromatic nitrogens is 2. The maximum Gasteiger partial charge on any atom is 0.202 e. The highest BCUT2D eigenvalue weighted by Crippen LogP contribution is 2.38. The van der Waals surface area contributed by atoms with E-state index in [1.807, 2.05) is 6.20 Å². The summed E-state index contributed by atoms with van der Waals surface area (Å²) in [6, 6.07) is 0.522. The Balaban J connectivity index is 2.13. The molecule has 2 unspecified atom stereocenters. The molecule has 14 heavy (non-hydrogen) atoms. The van der Waals surface area contributed by atoms with Gasteiger partial charge in [-0.1, -0.05) is 6.42 Å². The van der Waals surface area contributed by atoms with E-state index in [-0.39, 0.29) is 0 Å². The molecule has 1 aliphatic rings. The minimum atomic E-state index is 0.522. The van der Waals surface area contributed by atoms with E-state index in [9.17, 15) is 0 Å². The largest absolute Gasteiger partial charge is 0.330 e. The zero-order chi connectivity index (χ0) is 9.97. The van der Waals surface area contributed by atoms with Gasteiger partial charge in [-0.2, -0.15) is 0 Å². The number of nitrogens with zero attached hydrogens (tertiary/aromatic N) is 2. The van der Waals surface area contributed by atoms with Gasteiger partial charge in [-0.25, -0.2) is 4.98 Å². The average molecular weight is 214 g/mol. The third kappa shape index (κ3) is 1.79. The first kappa shape index (κ1) is 9.99. The summed E-state index contributed by atoms with van der Waals surface area (Å²) in [6.45, 7) is 0.771. The second-order valence-electron chi connectivity index (χ2n) is 3.94. The summed E-state index contributed by atoms with van der Waals surface area (Å²) in [6.07, 6.45) is 8.60. The molecule has 0 radical (unpaired) electrons. The number of nitrogens with two attached hydrogens (primary N) is 1. The molecule has 0 aromatic carbocycles. The van der Waals surface area contributed by atoms with Crippen LogP contribution in [0.3, 0.4) is 0 Å². The molecule has 1 aliphatic carbocycles. The zero-order valence-electron chi connectivity index (χ0n) is 8.19. The zero-order valence-corrected chi connectivity index (χ0v) is 8.95. The quantitative estimate of drug-likeness (QED) is 0.837. The summed E-state index contributed by atoms with van der Waals surface area (Å²) in [5, 5.41) is 0.610. The Labute approximate surface area is 89.3 Å². The Morgan fingerprint density at radius 1 is 1.57 bits per heavy atom. The number of hydrogen-bond donors (Lipinski definition) is 1. The summed E-state index contributed by atoms with van der Waals surface area (Å²) >= 11 is 6.01. The Kier molecular flexibility index (Phi) is 3.08. The molecular formula is C10H16ClN3. The van der Waals surface area contributed by atoms with Crippen molar-refractivity contribution in [3.05, 3.63) is 17.7 Å². The molecule has 78 valence electrons. The molecule has 1 aromatic rings. The minimum Gasteiger partial charge on any atom is -0.330 e. The van der Waals surface area contributed by atoms with Crippen LogP contribution in [0.4, 0.5) is 0 Å². The minimum absolute atomic E-state index is 0.522. The van der Waals surface area contributed by atoms with E-state index in [2.05, 4.69) is 9.55 Å². The van der Waals surface area contributed by atoms with Crippen LogP contribution < -0.4 is 5.73 Å². The molecule has 2 N–H and O–H groups in total. The molecule has 1 fully saturated rings. The summed E-state index contributed by atoms with van der Waals surface area (Å²) in [5.74, 6) is 0.687. The molecule has 2 atom stereocenters. The van der Waals surface area contributed by atoms with Crippen LogP contribution in [0, 0.1) is 5.92 Å². The van der Waals surface area contributed by atoms with Gasteiger partial charge in [0.2, 0.25) is 5.28 Å². The van der Waals surface area contributed by atoms with Crippen molar-refractivity contribution in [2.24, 2.45) is 11.7 Å². The lowest BCUT2D eigenvalue weighted by molar-refractivity contribution is 0.363. The van der Waals surface area contributed by atoms with Crippen LogP contribution in [-0.2, 0) is 0 Å². The lowest BCUT2D eigenvalue weighted by atomic mass is 10.00. The van der Waals surface area contributed by atoms with E-state index >= 15 is 0 Å². The fourth-order valence-corrected chi connectivity index (χ4v) is 2.71. The van der Waals surface area contributed by atoms with E-state index in [1.165, 1.54) is 19.3 Å². The van der Waals surface area contributed by atoms with Crippen molar-refractivity contribution in [2.75, 3.05) is 6.54 Å². The Morgan fingerprint density at radius 3 is 3.07 bits per heavy atom. The molecule has 3 nitrogen and oxygen atoms in total. The molecule has 1 heterocycles. The third-order valence-electron chi connectivity index (χ3n) is 3.14. The van der Waals surface area contributed by atoms with Gasteiger partial charge >= 0.3 is 0 Å². The monoisotopic (exact) mass is 213 g/mol. The van der Waals surface area contributed by atoms with Crippen molar-refractivity contribution >= 4 is 11.6 Å². The van der Waals surface area contributed by atoms with Crippen LogP contribution >= 0.6 is 11.6 Å². The van der Waals surface area contributed by atoms with Gasteiger partial charge in [0.15, 0.2) is 0 Å². The van der Waals surface area contributed by atoms with Gasteiger partial charge in [0.25, 0.3) is 0 Å². The topological polar surface area (TPSA) is 43.8 Å². The first-order valence-corrected chi connectivity index (χ1v) is 5.59. The Hall–Kier alpha value is -0.540. The van der Waals surface area contributed by atoms with Gasteiger partial charge < -0.3 is 10.3 Å². The highest BCUT2D eigenvalue weighted by Gasteiger charge is 2.28. The first-order chi connectivity index (χ1) is 6.83. The van der Waals surface area contributed by atoms with Gasteiger partial charge in [-0.15, -0.1) is 0 Å². The van der Waals surface area contributed by atoms with E-state index in [0.29, 0.717) is 17.2 Å². The van der Waals surface area contributed by atoms with Gasteiger partial charge in [0, 0.05) is 18.4 Å². The molecule has 0 saturated heterocycles. The van der Waals surface area contributed by atoms with Gasteiger partial charge in [-0.05, 0) is 43.3 Å². The van der Waals surface area contributed by atoms with Crippen LogP contribution in [-0.4, -0.2) is 16.1 Å². The average Bonchev–Trinajstić information content (AvgIpc) is 2.74. The first-order valence-electron chi connectivity index (χ1n) is 5.21. The summed E-state index contributed by atoms with van der Waals surface area (Å²) in [5.41, 5.74) is 5.60. The lowest BCUT2D eigenvalue weighted by Crippen LogP contribution is -2.16. The van der Waals surface area contributed by atoms with Crippen molar-refractivity contribution in [3.63, 3.8) is 0 Å². The molecule has 4 heteroatoms. The van der Waals surface area contributed by atoms with Gasteiger partial charge in [0.1, 0.15) is 0 Å². The van der Waals surface area contributed by atoms with Crippen molar-refractivity contribution < 1.29 is 0 Å². The molecule has 0 spiro atoms. The van der Waals surface area contributed by atoms with E-state index < -0.39 is 0 Å². The van der Waals surface area contributed by atoms with E-state index in [4.69, 9.17) is 17.3 Å². The highest BCUT2D eigenvalue weighted by molar-refractivity contribution is 6.28. The smallest absolute Gasteiger partial charge is 0.202 e. The van der Waals surface area contributed by atoms with Gasteiger partial charge in [0.05, 0.1) is 0 Å².